The Morgan fingerprint density at radius 2 is 1.96 bits per heavy atom. The monoisotopic (exact) mass is 398 g/mol. The van der Waals surface area contributed by atoms with Crippen LogP contribution in [0.1, 0.15) is 18.9 Å². The molecule has 0 aromatic heterocycles. The van der Waals surface area contributed by atoms with Crippen molar-refractivity contribution in [3.63, 3.8) is 0 Å². The van der Waals surface area contributed by atoms with Gasteiger partial charge in [-0.15, -0.1) is 5.10 Å². The van der Waals surface area contributed by atoms with E-state index in [9.17, 15) is 19.8 Å². The summed E-state index contributed by atoms with van der Waals surface area (Å²) in [4.78, 5) is 24.2. The number of benzene rings is 2. The number of thioether (sulfide) groups is 1. The number of phenols is 2. The maximum absolute atomic E-state index is 12.1. The van der Waals surface area contributed by atoms with Gasteiger partial charge in [0, 0.05) is 23.7 Å². The third kappa shape index (κ3) is 4.89. The molecule has 1 saturated heterocycles. The zero-order valence-electron chi connectivity index (χ0n) is 14.9. The number of amidine groups is 1. The molecule has 2 aromatic rings. The fraction of sp³-hybridized carbons (Fsp3) is 0.158. The Labute approximate surface area is 165 Å². The Kier molecular flexibility index (Phi) is 5.95. The van der Waals surface area contributed by atoms with Crippen LogP contribution >= 0.6 is 11.8 Å². The highest BCUT2D eigenvalue weighted by atomic mass is 32.2. The maximum Gasteiger partial charge on any atom is 0.240 e. The number of carbonyl (C=O) groups is 2. The van der Waals surface area contributed by atoms with Gasteiger partial charge in [0.25, 0.3) is 0 Å². The van der Waals surface area contributed by atoms with Crippen LogP contribution in [0.4, 0.5) is 5.69 Å². The second-order valence-electron chi connectivity index (χ2n) is 6.01. The Morgan fingerprint density at radius 3 is 2.68 bits per heavy atom. The van der Waals surface area contributed by atoms with Crippen LogP contribution in [0.2, 0.25) is 0 Å². The molecule has 0 radical (unpaired) electrons. The number of aromatic hydroxyl groups is 2. The number of hydrogen-bond donors (Lipinski definition) is 4. The molecule has 0 aliphatic carbocycles. The molecule has 0 spiro atoms. The number of nitrogens with one attached hydrogen (secondary N) is 2. The lowest BCUT2D eigenvalue weighted by Gasteiger charge is -2.06. The summed E-state index contributed by atoms with van der Waals surface area (Å²) in [7, 11) is 0. The number of carbonyl (C=O) groups excluding carboxylic acids is 2. The summed E-state index contributed by atoms with van der Waals surface area (Å²) in [6.07, 6.45) is 0.00581. The molecular formula is C19H18N4O4S. The molecule has 4 N–H and O–H groups in total. The summed E-state index contributed by atoms with van der Waals surface area (Å²) in [6.45, 7) is 1.64. The molecule has 1 aliphatic rings. The number of amides is 2. The lowest BCUT2D eigenvalue weighted by Crippen LogP contribution is -2.28. The lowest BCUT2D eigenvalue weighted by atomic mass is 10.1. The third-order valence-electron chi connectivity index (χ3n) is 3.87. The molecule has 1 heterocycles. The predicted octanol–water partition coefficient (Wildman–Crippen LogP) is 2.44. The number of para-hydroxylation sites is 1. The number of nitrogens with zero attached hydrogens (tertiary/aromatic N) is 2. The average Bonchev–Trinajstić information content (AvgIpc) is 3.00. The summed E-state index contributed by atoms with van der Waals surface area (Å²) in [5, 5.41) is 32.2. The number of rotatable bonds is 5. The number of anilines is 1. The van der Waals surface area contributed by atoms with E-state index in [4.69, 9.17) is 0 Å². The smallest absolute Gasteiger partial charge is 0.240 e. The van der Waals surface area contributed by atoms with Gasteiger partial charge < -0.3 is 20.8 Å². The van der Waals surface area contributed by atoms with E-state index in [1.807, 2.05) is 18.2 Å². The third-order valence-corrected chi connectivity index (χ3v) is 4.94. The van der Waals surface area contributed by atoms with Crippen LogP contribution in [-0.2, 0) is 9.59 Å². The first-order valence-electron chi connectivity index (χ1n) is 8.39. The summed E-state index contributed by atoms with van der Waals surface area (Å²) in [6, 6.07) is 13.1. The van der Waals surface area contributed by atoms with Gasteiger partial charge in [0.1, 0.15) is 16.7 Å². The summed E-state index contributed by atoms with van der Waals surface area (Å²) < 4.78 is 0. The van der Waals surface area contributed by atoms with Crippen LogP contribution in [0, 0.1) is 0 Å². The molecule has 0 saturated carbocycles. The van der Waals surface area contributed by atoms with Crippen molar-refractivity contribution in [2.75, 3.05) is 5.32 Å². The van der Waals surface area contributed by atoms with Crippen molar-refractivity contribution >= 4 is 40.1 Å². The van der Waals surface area contributed by atoms with Crippen molar-refractivity contribution in [3.8, 4) is 11.5 Å². The summed E-state index contributed by atoms with van der Waals surface area (Å²) >= 11 is 1.12. The number of hydrogen-bond acceptors (Lipinski definition) is 7. The van der Waals surface area contributed by atoms with E-state index in [2.05, 4.69) is 20.8 Å². The molecule has 0 bridgehead atoms. The van der Waals surface area contributed by atoms with Gasteiger partial charge in [-0.05, 0) is 31.2 Å². The van der Waals surface area contributed by atoms with Crippen LogP contribution in [-0.4, -0.2) is 38.2 Å². The standard InChI is InChI=1S/C19H18N4O4S/c1-11(14-8-7-13(24)9-15(14)25)22-23-19-21-18(27)16(28-19)10-17(26)20-12-5-3-2-4-6-12/h2-9,16,24-25H,10H2,1H3,(H,20,26)(H,21,23,27)/b22-11+/t16-/m0/s1. The second kappa shape index (κ2) is 8.57. The summed E-state index contributed by atoms with van der Waals surface area (Å²) in [5.74, 6) is -0.767. The van der Waals surface area contributed by atoms with Crippen LogP contribution in [0.25, 0.3) is 0 Å². The fourth-order valence-corrected chi connectivity index (χ4v) is 3.41. The van der Waals surface area contributed by atoms with Gasteiger partial charge in [-0.3, -0.25) is 9.59 Å². The van der Waals surface area contributed by atoms with Gasteiger partial charge in [0.2, 0.25) is 11.8 Å². The average molecular weight is 398 g/mol. The molecule has 2 amide bonds. The molecule has 28 heavy (non-hydrogen) atoms. The highest BCUT2D eigenvalue weighted by Gasteiger charge is 2.32. The van der Waals surface area contributed by atoms with E-state index < -0.39 is 5.25 Å². The highest BCUT2D eigenvalue weighted by molar-refractivity contribution is 8.15. The van der Waals surface area contributed by atoms with Gasteiger partial charge in [0.05, 0.1) is 5.71 Å². The van der Waals surface area contributed by atoms with Crippen molar-refractivity contribution in [2.24, 2.45) is 10.2 Å². The zero-order chi connectivity index (χ0) is 20.1. The van der Waals surface area contributed by atoms with E-state index in [0.29, 0.717) is 17.0 Å². The Bertz CT molecular complexity index is 960. The molecule has 1 fully saturated rings. The van der Waals surface area contributed by atoms with Crippen LogP contribution < -0.4 is 10.6 Å². The van der Waals surface area contributed by atoms with Crippen molar-refractivity contribution in [2.45, 2.75) is 18.6 Å². The zero-order valence-corrected chi connectivity index (χ0v) is 15.7. The minimum Gasteiger partial charge on any atom is -0.508 e. The van der Waals surface area contributed by atoms with E-state index >= 15 is 0 Å². The van der Waals surface area contributed by atoms with E-state index in [0.717, 1.165) is 11.8 Å². The Balaban J connectivity index is 1.62. The lowest BCUT2D eigenvalue weighted by molar-refractivity contribution is -0.122. The SMILES string of the molecule is C/C(=N\N=C1\NC(=O)[C@H](CC(=O)Nc2ccccc2)S1)c1ccc(O)cc1O. The quantitative estimate of drug-likeness (QED) is 0.455. The largest absolute Gasteiger partial charge is 0.508 e. The van der Waals surface area contributed by atoms with Crippen LogP contribution in [0.3, 0.4) is 0 Å². The predicted molar refractivity (Wildman–Crippen MR) is 109 cm³/mol. The van der Waals surface area contributed by atoms with E-state index in [1.54, 1.807) is 19.1 Å². The first-order valence-corrected chi connectivity index (χ1v) is 9.27. The molecule has 144 valence electrons. The van der Waals surface area contributed by atoms with Crippen molar-refractivity contribution < 1.29 is 19.8 Å². The molecule has 3 rings (SSSR count). The van der Waals surface area contributed by atoms with Crippen LogP contribution in [0.15, 0.2) is 58.7 Å². The number of phenolic OH excluding ortho intramolecular Hbond substituents is 2. The first kappa shape index (κ1) is 19.4. The summed E-state index contributed by atoms with van der Waals surface area (Å²) in [5.41, 5.74) is 1.49. The van der Waals surface area contributed by atoms with Crippen molar-refractivity contribution in [1.82, 2.24) is 5.32 Å². The topological polar surface area (TPSA) is 123 Å². The molecule has 1 aliphatic heterocycles. The second-order valence-corrected chi connectivity index (χ2v) is 7.20. The Morgan fingerprint density at radius 1 is 1.21 bits per heavy atom. The van der Waals surface area contributed by atoms with Gasteiger partial charge in [0.15, 0.2) is 5.17 Å². The first-order chi connectivity index (χ1) is 13.4. The van der Waals surface area contributed by atoms with Crippen molar-refractivity contribution in [1.29, 1.82) is 0 Å². The molecule has 8 nitrogen and oxygen atoms in total. The van der Waals surface area contributed by atoms with Gasteiger partial charge in [-0.2, -0.15) is 5.10 Å². The minimum atomic E-state index is -0.597. The van der Waals surface area contributed by atoms with Gasteiger partial charge in [-0.1, -0.05) is 30.0 Å². The van der Waals surface area contributed by atoms with Crippen LogP contribution in [0.5, 0.6) is 11.5 Å². The van der Waals surface area contributed by atoms with Gasteiger partial charge >= 0.3 is 0 Å². The van der Waals surface area contributed by atoms with Crippen molar-refractivity contribution in [3.05, 3.63) is 54.1 Å². The molecule has 1 atom stereocenters. The Hall–Kier alpha value is -3.33. The fourth-order valence-electron chi connectivity index (χ4n) is 2.49. The van der Waals surface area contributed by atoms with Gasteiger partial charge in [-0.25, -0.2) is 0 Å². The van der Waals surface area contributed by atoms with E-state index in [1.165, 1.54) is 18.2 Å². The molecule has 9 heteroatoms. The molecule has 0 unspecified atom stereocenters. The minimum absolute atomic E-state index is 0.00581. The normalized spacial score (nSPS) is 18.2. The highest BCUT2D eigenvalue weighted by Crippen LogP contribution is 2.25. The van der Waals surface area contributed by atoms with E-state index in [-0.39, 0.29) is 34.9 Å². The molecular weight excluding hydrogens is 380 g/mol. The maximum atomic E-state index is 12.1. The molecule has 2 aromatic carbocycles.